The fraction of sp³-hybridized carbons (Fsp3) is 0.647. The van der Waals surface area contributed by atoms with E-state index < -0.39 is 6.10 Å². The molecule has 4 nitrogen and oxygen atoms in total. The van der Waals surface area contributed by atoms with E-state index in [9.17, 15) is 5.11 Å². The number of aliphatic hydroxyl groups excluding tert-OH is 1. The Hall–Kier alpha value is -1.10. The molecule has 1 aliphatic rings. The van der Waals surface area contributed by atoms with Gasteiger partial charge in [-0.1, -0.05) is 19.1 Å². The minimum absolute atomic E-state index is 0.307. The molecule has 1 aromatic rings. The van der Waals surface area contributed by atoms with Crippen molar-refractivity contribution in [1.82, 2.24) is 5.32 Å². The summed E-state index contributed by atoms with van der Waals surface area (Å²) in [5, 5.41) is 13.0. The summed E-state index contributed by atoms with van der Waals surface area (Å²) in [7, 11) is 0. The summed E-state index contributed by atoms with van der Waals surface area (Å²) in [5.41, 5.74) is 1.29. The number of rotatable bonds is 11. The van der Waals surface area contributed by atoms with Crippen molar-refractivity contribution in [3.63, 3.8) is 0 Å². The summed E-state index contributed by atoms with van der Waals surface area (Å²) in [6, 6.07) is 8.00. The van der Waals surface area contributed by atoms with E-state index in [1.54, 1.807) is 0 Å². The second-order valence-corrected chi connectivity index (χ2v) is 5.68. The van der Waals surface area contributed by atoms with Gasteiger partial charge in [-0.05, 0) is 42.9 Å². The molecule has 0 aromatic heterocycles. The zero-order valence-electron chi connectivity index (χ0n) is 12.9. The molecule has 1 saturated carbocycles. The van der Waals surface area contributed by atoms with Gasteiger partial charge in [-0.25, -0.2) is 0 Å². The average molecular weight is 293 g/mol. The lowest BCUT2D eigenvalue weighted by molar-refractivity contribution is 0.0967. The van der Waals surface area contributed by atoms with E-state index in [2.05, 4.69) is 24.4 Å². The van der Waals surface area contributed by atoms with Gasteiger partial charge in [0.25, 0.3) is 0 Å². The van der Waals surface area contributed by atoms with Crippen LogP contribution in [0.4, 0.5) is 0 Å². The number of benzene rings is 1. The zero-order valence-corrected chi connectivity index (χ0v) is 12.9. The molecule has 118 valence electrons. The third-order valence-corrected chi connectivity index (χ3v) is 3.63. The average Bonchev–Trinajstić information content (AvgIpc) is 3.33. The number of aliphatic hydroxyl groups is 1. The molecule has 0 radical (unpaired) electrons. The highest BCUT2D eigenvalue weighted by Crippen LogP contribution is 2.28. The van der Waals surface area contributed by atoms with Crippen molar-refractivity contribution in [2.24, 2.45) is 5.92 Å². The minimum Gasteiger partial charge on any atom is -0.491 e. The zero-order chi connectivity index (χ0) is 14.9. The quantitative estimate of drug-likeness (QED) is 0.613. The number of nitrogens with one attached hydrogen (secondary N) is 1. The van der Waals surface area contributed by atoms with Crippen molar-refractivity contribution in [2.45, 2.75) is 32.3 Å². The number of hydrogen-bond acceptors (Lipinski definition) is 4. The van der Waals surface area contributed by atoms with Crippen LogP contribution in [0, 0.1) is 5.92 Å². The molecule has 0 heterocycles. The first-order valence-corrected chi connectivity index (χ1v) is 7.96. The molecule has 0 spiro atoms. The molecule has 0 saturated heterocycles. The molecule has 1 unspecified atom stereocenters. The van der Waals surface area contributed by atoms with Crippen LogP contribution < -0.4 is 10.1 Å². The summed E-state index contributed by atoms with van der Waals surface area (Å²) >= 11 is 0. The van der Waals surface area contributed by atoms with Crippen molar-refractivity contribution >= 4 is 0 Å². The molecule has 2 rings (SSSR count). The van der Waals surface area contributed by atoms with Crippen molar-refractivity contribution in [1.29, 1.82) is 0 Å². The lowest BCUT2D eigenvalue weighted by Crippen LogP contribution is -2.33. The van der Waals surface area contributed by atoms with Gasteiger partial charge in [-0.2, -0.15) is 0 Å². The van der Waals surface area contributed by atoms with Gasteiger partial charge in [-0.3, -0.25) is 0 Å². The molecule has 1 aliphatic carbocycles. The van der Waals surface area contributed by atoms with Gasteiger partial charge in [0.2, 0.25) is 0 Å². The minimum atomic E-state index is -0.501. The number of aryl methyl sites for hydroxylation is 1. The Labute approximate surface area is 127 Å². The SMILES string of the molecule is CCc1ccc(OCC(O)CNCCOCC2CC2)cc1. The predicted octanol–water partition coefficient (Wildman–Crippen LogP) is 2.00. The Morgan fingerprint density at radius 3 is 2.71 bits per heavy atom. The summed E-state index contributed by atoms with van der Waals surface area (Å²) in [6.07, 6.45) is 3.17. The van der Waals surface area contributed by atoms with E-state index in [-0.39, 0.29) is 0 Å². The summed E-state index contributed by atoms with van der Waals surface area (Å²) in [4.78, 5) is 0. The molecule has 2 N–H and O–H groups in total. The Bertz CT molecular complexity index is 390. The normalized spacial score (nSPS) is 15.9. The molecule has 21 heavy (non-hydrogen) atoms. The van der Waals surface area contributed by atoms with Gasteiger partial charge in [0.1, 0.15) is 18.5 Å². The van der Waals surface area contributed by atoms with Crippen LogP contribution in [0.3, 0.4) is 0 Å². The first-order valence-electron chi connectivity index (χ1n) is 7.96. The van der Waals surface area contributed by atoms with E-state index in [4.69, 9.17) is 9.47 Å². The summed E-state index contributed by atoms with van der Waals surface area (Å²) in [6.45, 7) is 5.33. The molecule has 1 fully saturated rings. The molecule has 0 amide bonds. The second kappa shape index (κ2) is 9.03. The van der Waals surface area contributed by atoms with Gasteiger partial charge >= 0.3 is 0 Å². The Kier molecular flexibility index (Phi) is 7.00. The highest BCUT2D eigenvalue weighted by molar-refractivity contribution is 5.27. The molecular weight excluding hydrogens is 266 g/mol. The maximum Gasteiger partial charge on any atom is 0.119 e. The van der Waals surface area contributed by atoms with E-state index in [0.717, 1.165) is 31.2 Å². The topological polar surface area (TPSA) is 50.7 Å². The van der Waals surface area contributed by atoms with Crippen LogP contribution in [0.5, 0.6) is 5.75 Å². The molecular formula is C17H27NO3. The molecule has 1 atom stereocenters. The van der Waals surface area contributed by atoms with Crippen LogP contribution in [0.15, 0.2) is 24.3 Å². The van der Waals surface area contributed by atoms with Crippen LogP contribution >= 0.6 is 0 Å². The first-order chi connectivity index (χ1) is 10.3. The van der Waals surface area contributed by atoms with E-state index in [1.165, 1.54) is 18.4 Å². The third-order valence-electron chi connectivity index (χ3n) is 3.63. The first kappa shape index (κ1) is 16.3. The highest BCUT2D eigenvalue weighted by Gasteiger charge is 2.20. The Balaban J connectivity index is 1.48. The van der Waals surface area contributed by atoms with Gasteiger partial charge in [-0.15, -0.1) is 0 Å². The van der Waals surface area contributed by atoms with E-state index in [0.29, 0.717) is 19.8 Å². The van der Waals surface area contributed by atoms with Crippen molar-refractivity contribution in [2.75, 3.05) is 32.9 Å². The smallest absolute Gasteiger partial charge is 0.119 e. The molecule has 0 bridgehead atoms. The van der Waals surface area contributed by atoms with Gasteiger partial charge < -0.3 is 19.9 Å². The van der Waals surface area contributed by atoms with Gasteiger partial charge in [0.05, 0.1) is 6.61 Å². The van der Waals surface area contributed by atoms with Crippen LogP contribution in [0.25, 0.3) is 0 Å². The Morgan fingerprint density at radius 1 is 1.29 bits per heavy atom. The standard InChI is InChI=1S/C17H27NO3/c1-2-14-5-7-17(8-6-14)21-13-16(19)11-18-9-10-20-12-15-3-4-15/h5-8,15-16,18-19H,2-4,9-13H2,1H3. The third kappa shape index (κ3) is 6.93. The number of hydrogen-bond donors (Lipinski definition) is 2. The van der Waals surface area contributed by atoms with Crippen LogP contribution in [0.2, 0.25) is 0 Å². The lowest BCUT2D eigenvalue weighted by Gasteiger charge is -2.13. The van der Waals surface area contributed by atoms with Crippen molar-refractivity contribution in [3.05, 3.63) is 29.8 Å². The highest BCUT2D eigenvalue weighted by atomic mass is 16.5. The van der Waals surface area contributed by atoms with Crippen LogP contribution in [-0.2, 0) is 11.2 Å². The monoisotopic (exact) mass is 293 g/mol. The maximum absolute atomic E-state index is 9.84. The fourth-order valence-corrected chi connectivity index (χ4v) is 2.02. The van der Waals surface area contributed by atoms with Gasteiger partial charge in [0, 0.05) is 19.7 Å². The predicted molar refractivity (Wildman–Crippen MR) is 83.7 cm³/mol. The van der Waals surface area contributed by atoms with E-state index >= 15 is 0 Å². The van der Waals surface area contributed by atoms with Crippen molar-refractivity contribution in [3.8, 4) is 5.75 Å². The maximum atomic E-state index is 9.84. The van der Waals surface area contributed by atoms with Crippen LogP contribution in [-0.4, -0.2) is 44.1 Å². The summed E-state index contributed by atoms with van der Waals surface area (Å²) in [5.74, 6) is 1.61. The number of ether oxygens (including phenoxy) is 2. The van der Waals surface area contributed by atoms with Gasteiger partial charge in [0.15, 0.2) is 0 Å². The lowest BCUT2D eigenvalue weighted by atomic mass is 10.2. The van der Waals surface area contributed by atoms with E-state index in [1.807, 2.05) is 12.1 Å². The molecule has 4 heteroatoms. The summed E-state index contributed by atoms with van der Waals surface area (Å²) < 4.78 is 11.1. The Morgan fingerprint density at radius 2 is 2.05 bits per heavy atom. The molecule has 0 aliphatic heterocycles. The fourth-order valence-electron chi connectivity index (χ4n) is 2.02. The second-order valence-electron chi connectivity index (χ2n) is 5.68. The van der Waals surface area contributed by atoms with Crippen molar-refractivity contribution < 1.29 is 14.6 Å². The van der Waals surface area contributed by atoms with Crippen LogP contribution in [0.1, 0.15) is 25.3 Å². The molecule has 1 aromatic carbocycles. The largest absolute Gasteiger partial charge is 0.491 e.